The van der Waals surface area contributed by atoms with Gasteiger partial charge in [-0.15, -0.1) is 10.2 Å². The number of hydrogen-bond acceptors (Lipinski definition) is 6. The molecule has 1 aromatic heterocycles. The number of aromatic hydroxyl groups is 1. The van der Waals surface area contributed by atoms with E-state index in [2.05, 4.69) is 23.2 Å². The first-order chi connectivity index (χ1) is 12.6. The molecule has 0 unspecified atom stereocenters. The van der Waals surface area contributed by atoms with Crippen molar-refractivity contribution >= 4 is 23.4 Å². The second-order valence-electron chi connectivity index (χ2n) is 6.15. The maximum atomic E-state index is 12.7. The summed E-state index contributed by atoms with van der Waals surface area (Å²) in [6.45, 7) is 2.05. The number of thioether (sulfide) groups is 1. The van der Waals surface area contributed by atoms with E-state index in [4.69, 9.17) is 4.42 Å². The van der Waals surface area contributed by atoms with E-state index in [1.165, 1.54) is 17.3 Å². The van der Waals surface area contributed by atoms with E-state index in [0.29, 0.717) is 11.1 Å². The fourth-order valence-electron chi connectivity index (χ4n) is 3.13. The van der Waals surface area contributed by atoms with E-state index in [1.54, 1.807) is 24.3 Å². The molecule has 0 spiro atoms. The van der Waals surface area contributed by atoms with Crippen molar-refractivity contribution < 1.29 is 14.3 Å². The summed E-state index contributed by atoms with van der Waals surface area (Å²) in [7, 11) is 0. The van der Waals surface area contributed by atoms with E-state index in [0.717, 1.165) is 17.7 Å². The third-order valence-corrected chi connectivity index (χ3v) is 5.12. The van der Waals surface area contributed by atoms with Gasteiger partial charge in [-0.1, -0.05) is 30.0 Å². The number of carbonyl (C=O) groups is 1. The van der Waals surface area contributed by atoms with Crippen molar-refractivity contribution in [3.63, 3.8) is 0 Å². The maximum absolute atomic E-state index is 12.7. The van der Waals surface area contributed by atoms with Gasteiger partial charge in [0.2, 0.25) is 11.8 Å². The number of aromatic nitrogens is 2. The van der Waals surface area contributed by atoms with Crippen molar-refractivity contribution in [2.75, 3.05) is 10.7 Å². The molecule has 4 rings (SSSR count). The van der Waals surface area contributed by atoms with Gasteiger partial charge in [-0.25, -0.2) is 0 Å². The molecule has 0 radical (unpaired) electrons. The zero-order chi connectivity index (χ0) is 18.1. The van der Waals surface area contributed by atoms with Crippen LogP contribution in [-0.4, -0.2) is 33.0 Å². The van der Waals surface area contributed by atoms with Crippen LogP contribution in [0.1, 0.15) is 12.5 Å². The van der Waals surface area contributed by atoms with Crippen molar-refractivity contribution in [2.24, 2.45) is 0 Å². The average molecular weight is 367 g/mol. The van der Waals surface area contributed by atoms with Crippen LogP contribution in [0.15, 0.2) is 58.2 Å². The van der Waals surface area contributed by atoms with Crippen molar-refractivity contribution in [3.05, 3.63) is 54.1 Å². The van der Waals surface area contributed by atoms with Crippen molar-refractivity contribution in [1.29, 1.82) is 0 Å². The van der Waals surface area contributed by atoms with Gasteiger partial charge in [0.1, 0.15) is 5.75 Å². The molecule has 1 aliphatic rings. The SMILES string of the molecule is C[C@@H]1Cc2ccccc2N1C(=O)CSc1nnc(-c2ccc(O)cc2)o1. The topological polar surface area (TPSA) is 79.5 Å². The van der Waals surface area contributed by atoms with Gasteiger partial charge in [0.15, 0.2) is 0 Å². The summed E-state index contributed by atoms with van der Waals surface area (Å²) in [5, 5.41) is 17.7. The maximum Gasteiger partial charge on any atom is 0.277 e. The molecule has 26 heavy (non-hydrogen) atoms. The Balaban J connectivity index is 1.43. The number of amides is 1. The average Bonchev–Trinajstić information content (AvgIpc) is 3.24. The van der Waals surface area contributed by atoms with Crippen molar-refractivity contribution in [2.45, 2.75) is 24.6 Å². The Morgan fingerprint density at radius 3 is 2.81 bits per heavy atom. The van der Waals surface area contributed by atoms with E-state index in [-0.39, 0.29) is 23.5 Å². The molecule has 1 atom stereocenters. The standard InChI is InChI=1S/C19H17N3O3S/c1-12-10-14-4-2-3-5-16(14)22(12)17(24)11-26-19-21-20-18(25-19)13-6-8-15(23)9-7-13/h2-9,12,23H,10-11H2,1H3/t12-/m1/s1. The molecule has 1 aliphatic heterocycles. The third-order valence-electron chi connectivity index (χ3n) is 4.32. The number of rotatable bonds is 4. The highest BCUT2D eigenvalue weighted by molar-refractivity contribution is 7.99. The Bertz CT molecular complexity index is 939. The van der Waals surface area contributed by atoms with E-state index < -0.39 is 0 Å². The van der Waals surface area contributed by atoms with E-state index in [1.807, 2.05) is 23.1 Å². The summed E-state index contributed by atoms with van der Waals surface area (Å²) in [5.74, 6) is 0.792. The quantitative estimate of drug-likeness (QED) is 0.711. The highest BCUT2D eigenvalue weighted by Crippen LogP contribution is 2.33. The molecule has 6 nitrogen and oxygen atoms in total. The molecule has 0 saturated heterocycles. The highest BCUT2D eigenvalue weighted by Gasteiger charge is 2.30. The normalized spacial score (nSPS) is 15.9. The molecule has 7 heteroatoms. The summed E-state index contributed by atoms with van der Waals surface area (Å²) in [6.07, 6.45) is 0.873. The Hall–Kier alpha value is -2.80. The molecule has 3 aromatic rings. The molecule has 0 saturated carbocycles. The number of phenols is 1. The number of carbonyl (C=O) groups excluding carboxylic acids is 1. The predicted molar refractivity (Wildman–Crippen MR) is 99.2 cm³/mol. The molecular formula is C19H17N3O3S. The zero-order valence-electron chi connectivity index (χ0n) is 14.1. The van der Waals surface area contributed by atoms with Gasteiger partial charge in [0.05, 0.1) is 5.75 Å². The Kier molecular flexibility index (Phi) is 4.38. The molecule has 132 valence electrons. The van der Waals surface area contributed by atoms with Gasteiger partial charge in [-0.3, -0.25) is 4.79 Å². The zero-order valence-corrected chi connectivity index (χ0v) is 14.9. The predicted octanol–water partition coefficient (Wildman–Crippen LogP) is 3.51. The summed E-state index contributed by atoms with van der Waals surface area (Å²) in [4.78, 5) is 14.5. The molecular weight excluding hydrogens is 350 g/mol. The first-order valence-electron chi connectivity index (χ1n) is 8.27. The summed E-state index contributed by atoms with van der Waals surface area (Å²) < 4.78 is 5.61. The van der Waals surface area contributed by atoms with Crippen LogP contribution in [0.2, 0.25) is 0 Å². The van der Waals surface area contributed by atoms with Gasteiger partial charge in [0, 0.05) is 17.3 Å². The summed E-state index contributed by atoms with van der Waals surface area (Å²) >= 11 is 1.23. The monoisotopic (exact) mass is 367 g/mol. The smallest absolute Gasteiger partial charge is 0.277 e. The first kappa shape index (κ1) is 16.7. The van der Waals surface area contributed by atoms with Gasteiger partial charge >= 0.3 is 0 Å². The number of phenolic OH excluding ortho intramolecular Hbond substituents is 1. The van der Waals surface area contributed by atoms with Crippen molar-refractivity contribution in [3.8, 4) is 17.2 Å². The Morgan fingerprint density at radius 1 is 1.23 bits per heavy atom. The molecule has 1 N–H and O–H groups in total. The van der Waals surface area contributed by atoms with Gasteiger partial charge in [0.25, 0.3) is 5.22 Å². The molecule has 1 amide bonds. The summed E-state index contributed by atoms with van der Waals surface area (Å²) in [6, 6.07) is 14.7. The van der Waals surface area contributed by atoms with Crippen LogP contribution in [0.4, 0.5) is 5.69 Å². The van der Waals surface area contributed by atoms with Gasteiger partial charge in [-0.05, 0) is 49.2 Å². The molecule has 2 aromatic carbocycles. The minimum Gasteiger partial charge on any atom is -0.508 e. The summed E-state index contributed by atoms with van der Waals surface area (Å²) in [5.41, 5.74) is 2.90. The minimum atomic E-state index is 0.0248. The third kappa shape index (κ3) is 3.17. The number of para-hydroxylation sites is 1. The molecule has 0 bridgehead atoms. The number of anilines is 1. The van der Waals surface area contributed by atoms with Crippen LogP contribution in [0.5, 0.6) is 5.75 Å². The van der Waals surface area contributed by atoms with Crippen LogP contribution >= 0.6 is 11.8 Å². The number of nitrogens with zero attached hydrogens (tertiary/aromatic N) is 3. The lowest BCUT2D eigenvalue weighted by Crippen LogP contribution is -2.36. The van der Waals surface area contributed by atoms with Crippen LogP contribution in [0, 0.1) is 0 Å². The van der Waals surface area contributed by atoms with Crippen LogP contribution in [-0.2, 0) is 11.2 Å². The first-order valence-corrected chi connectivity index (χ1v) is 9.26. The number of benzene rings is 2. The van der Waals surface area contributed by atoms with Crippen molar-refractivity contribution in [1.82, 2.24) is 10.2 Å². The largest absolute Gasteiger partial charge is 0.508 e. The van der Waals surface area contributed by atoms with E-state index in [9.17, 15) is 9.90 Å². The molecule has 0 aliphatic carbocycles. The highest BCUT2D eigenvalue weighted by atomic mass is 32.2. The van der Waals surface area contributed by atoms with Crippen LogP contribution in [0.3, 0.4) is 0 Å². The van der Waals surface area contributed by atoms with Gasteiger partial charge < -0.3 is 14.4 Å². The molecule has 2 heterocycles. The second-order valence-corrected chi connectivity index (χ2v) is 7.08. The number of fused-ring (bicyclic) bond motifs is 1. The lowest BCUT2D eigenvalue weighted by atomic mass is 10.1. The fraction of sp³-hybridized carbons (Fsp3) is 0.211. The lowest BCUT2D eigenvalue weighted by Gasteiger charge is -2.22. The van der Waals surface area contributed by atoms with Crippen LogP contribution < -0.4 is 4.90 Å². The minimum absolute atomic E-state index is 0.0248. The Morgan fingerprint density at radius 2 is 2.00 bits per heavy atom. The lowest BCUT2D eigenvalue weighted by molar-refractivity contribution is -0.116. The van der Waals surface area contributed by atoms with Gasteiger partial charge in [-0.2, -0.15) is 0 Å². The molecule has 0 fully saturated rings. The second kappa shape index (κ2) is 6.84. The van der Waals surface area contributed by atoms with Crippen LogP contribution in [0.25, 0.3) is 11.5 Å². The van der Waals surface area contributed by atoms with E-state index >= 15 is 0 Å². The fourth-order valence-corrected chi connectivity index (χ4v) is 3.75. The Labute approximate surface area is 154 Å². The number of hydrogen-bond donors (Lipinski definition) is 1.